The van der Waals surface area contributed by atoms with E-state index >= 15 is 0 Å². The lowest BCUT2D eigenvalue weighted by molar-refractivity contribution is 0.265. The van der Waals surface area contributed by atoms with Crippen LogP contribution in [0, 0.1) is 13.8 Å². The molecular formula is C19H33IN6O. The number of aliphatic imine (C=N–C) groups is 1. The van der Waals surface area contributed by atoms with Gasteiger partial charge in [-0.2, -0.15) is 5.10 Å². The van der Waals surface area contributed by atoms with Crippen molar-refractivity contribution in [2.75, 3.05) is 33.7 Å². The van der Waals surface area contributed by atoms with E-state index in [1.165, 1.54) is 5.69 Å². The van der Waals surface area contributed by atoms with Crippen molar-refractivity contribution in [2.24, 2.45) is 4.99 Å². The van der Waals surface area contributed by atoms with Gasteiger partial charge in [0.25, 0.3) is 0 Å². The fraction of sp³-hybridized carbons (Fsp3) is 0.579. The molecule has 27 heavy (non-hydrogen) atoms. The first-order valence-corrected chi connectivity index (χ1v) is 9.24. The highest BCUT2D eigenvalue weighted by atomic mass is 127. The monoisotopic (exact) mass is 488 g/mol. The second kappa shape index (κ2) is 12.0. The van der Waals surface area contributed by atoms with Crippen molar-refractivity contribution >= 4 is 29.9 Å². The van der Waals surface area contributed by atoms with Gasteiger partial charge in [-0.15, -0.1) is 24.0 Å². The number of guanidine groups is 1. The fourth-order valence-electron chi connectivity index (χ4n) is 2.85. The van der Waals surface area contributed by atoms with Gasteiger partial charge in [-0.05, 0) is 59.5 Å². The highest BCUT2D eigenvalue weighted by molar-refractivity contribution is 14.0. The van der Waals surface area contributed by atoms with Gasteiger partial charge in [-0.25, -0.2) is 0 Å². The zero-order chi connectivity index (χ0) is 18.9. The van der Waals surface area contributed by atoms with Crippen molar-refractivity contribution in [2.45, 2.75) is 39.8 Å². The number of furan rings is 1. The van der Waals surface area contributed by atoms with Gasteiger partial charge >= 0.3 is 0 Å². The van der Waals surface area contributed by atoms with Crippen molar-refractivity contribution in [1.29, 1.82) is 0 Å². The highest BCUT2D eigenvalue weighted by Crippen LogP contribution is 2.18. The van der Waals surface area contributed by atoms with Crippen LogP contribution in [0.2, 0.25) is 0 Å². The number of aryl methyl sites for hydroxylation is 3. The highest BCUT2D eigenvalue weighted by Gasteiger charge is 2.16. The van der Waals surface area contributed by atoms with Crippen molar-refractivity contribution in [1.82, 2.24) is 25.3 Å². The maximum absolute atomic E-state index is 5.55. The second-order valence-corrected chi connectivity index (χ2v) is 6.65. The van der Waals surface area contributed by atoms with Crippen LogP contribution in [-0.2, 0) is 6.54 Å². The summed E-state index contributed by atoms with van der Waals surface area (Å²) in [5.74, 6) is 1.76. The molecule has 2 N–H and O–H groups in total. The first kappa shape index (κ1) is 23.5. The molecule has 8 heteroatoms. The van der Waals surface area contributed by atoms with Crippen LogP contribution in [-0.4, -0.2) is 54.4 Å². The second-order valence-electron chi connectivity index (χ2n) is 6.65. The molecule has 0 aliphatic heterocycles. The molecule has 7 nitrogen and oxygen atoms in total. The van der Waals surface area contributed by atoms with Crippen LogP contribution in [0.15, 0.2) is 33.9 Å². The van der Waals surface area contributed by atoms with Crippen LogP contribution in [0.5, 0.6) is 0 Å². The molecule has 0 fully saturated rings. The Bertz CT molecular complexity index is 680. The summed E-state index contributed by atoms with van der Waals surface area (Å²) in [6, 6.07) is 6.14. The van der Waals surface area contributed by atoms with Crippen LogP contribution in [0.1, 0.15) is 36.5 Å². The molecule has 0 amide bonds. The number of halogens is 1. The number of nitrogens with zero attached hydrogens (tertiary/aromatic N) is 4. The zero-order valence-corrected chi connectivity index (χ0v) is 19.4. The SMILES string of the molecule is CCNC(=NCC(c1ccco1)N(C)C)NCCCn1nc(C)cc1C.I. The molecule has 1 atom stereocenters. The Kier molecular flexibility index (Phi) is 10.5. The van der Waals surface area contributed by atoms with Crippen LogP contribution >= 0.6 is 24.0 Å². The average Bonchev–Trinajstić information content (AvgIpc) is 3.21. The third kappa shape index (κ3) is 7.53. The molecule has 2 rings (SSSR count). The summed E-state index contributed by atoms with van der Waals surface area (Å²) in [5.41, 5.74) is 2.27. The Labute approximate surface area is 179 Å². The van der Waals surface area contributed by atoms with Crippen LogP contribution in [0.25, 0.3) is 0 Å². The van der Waals surface area contributed by atoms with Gasteiger partial charge in [-0.3, -0.25) is 14.6 Å². The van der Waals surface area contributed by atoms with Gasteiger partial charge in [0, 0.05) is 25.3 Å². The maximum atomic E-state index is 5.55. The van der Waals surface area contributed by atoms with Gasteiger partial charge < -0.3 is 15.1 Å². The van der Waals surface area contributed by atoms with E-state index in [1.54, 1.807) is 6.26 Å². The van der Waals surface area contributed by atoms with Gasteiger partial charge in [0.1, 0.15) is 5.76 Å². The average molecular weight is 488 g/mol. The van der Waals surface area contributed by atoms with Crippen molar-refractivity contribution in [3.8, 4) is 0 Å². The minimum Gasteiger partial charge on any atom is -0.468 e. The number of hydrogen-bond acceptors (Lipinski definition) is 4. The number of rotatable bonds is 9. The molecule has 1 unspecified atom stereocenters. The van der Waals surface area contributed by atoms with E-state index < -0.39 is 0 Å². The van der Waals surface area contributed by atoms with E-state index in [2.05, 4.69) is 45.2 Å². The summed E-state index contributed by atoms with van der Waals surface area (Å²) in [6.07, 6.45) is 2.69. The Morgan fingerprint density at radius 2 is 2.11 bits per heavy atom. The largest absolute Gasteiger partial charge is 0.468 e. The van der Waals surface area contributed by atoms with E-state index in [0.29, 0.717) is 6.54 Å². The Balaban J connectivity index is 0.00000364. The lowest BCUT2D eigenvalue weighted by atomic mass is 10.2. The molecule has 0 saturated heterocycles. The van der Waals surface area contributed by atoms with Crippen molar-refractivity contribution in [3.63, 3.8) is 0 Å². The topological polar surface area (TPSA) is 70.6 Å². The zero-order valence-electron chi connectivity index (χ0n) is 17.0. The predicted octanol–water partition coefficient (Wildman–Crippen LogP) is 2.96. The molecule has 0 aliphatic rings. The standard InChI is InChI=1S/C19H32N6O.HI/c1-6-20-19(21-10-8-11-25-16(3)13-15(2)23-25)22-14-17(24(4)5)18-9-7-12-26-18;/h7,9,12-13,17H,6,8,10-11,14H2,1-5H3,(H2,20,21,22);1H. The summed E-state index contributed by atoms with van der Waals surface area (Å²) in [7, 11) is 4.08. The molecule has 2 heterocycles. The number of hydrogen-bond donors (Lipinski definition) is 2. The normalized spacial score (nSPS) is 12.7. The van der Waals surface area contributed by atoms with Gasteiger partial charge in [0.2, 0.25) is 0 Å². The van der Waals surface area contributed by atoms with E-state index in [1.807, 2.05) is 33.2 Å². The summed E-state index contributed by atoms with van der Waals surface area (Å²) in [5, 5.41) is 11.2. The first-order valence-electron chi connectivity index (χ1n) is 9.24. The molecule has 0 aromatic carbocycles. The molecule has 2 aromatic heterocycles. The molecule has 0 saturated carbocycles. The first-order chi connectivity index (χ1) is 12.5. The maximum Gasteiger partial charge on any atom is 0.191 e. The Morgan fingerprint density at radius 3 is 2.67 bits per heavy atom. The molecule has 0 spiro atoms. The third-order valence-electron chi connectivity index (χ3n) is 4.20. The van der Waals surface area contributed by atoms with Crippen molar-refractivity contribution in [3.05, 3.63) is 41.6 Å². The minimum atomic E-state index is 0. The van der Waals surface area contributed by atoms with Crippen molar-refractivity contribution < 1.29 is 4.42 Å². The molecule has 0 bridgehead atoms. The molecule has 0 aliphatic carbocycles. The predicted molar refractivity (Wildman–Crippen MR) is 121 cm³/mol. The third-order valence-corrected chi connectivity index (χ3v) is 4.20. The summed E-state index contributed by atoms with van der Waals surface area (Å²) in [4.78, 5) is 6.85. The minimum absolute atomic E-state index is 0. The van der Waals surface area contributed by atoms with Gasteiger partial charge in [0.15, 0.2) is 5.96 Å². The molecular weight excluding hydrogens is 455 g/mol. The summed E-state index contributed by atoms with van der Waals surface area (Å²) in [6.45, 7) is 9.40. The number of likely N-dealkylation sites (N-methyl/N-ethyl adjacent to an activating group) is 1. The number of nitrogens with one attached hydrogen (secondary N) is 2. The Morgan fingerprint density at radius 1 is 1.33 bits per heavy atom. The van der Waals surface area contributed by atoms with E-state index in [4.69, 9.17) is 9.41 Å². The fourth-order valence-corrected chi connectivity index (χ4v) is 2.85. The van der Waals surface area contributed by atoms with E-state index in [0.717, 1.165) is 43.5 Å². The summed E-state index contributed by atoms with van der Waals surface area (Å²) < 4.78 is 7.60. The van der Waals surface area contributed by atoms with E-state index in [-0.39, 0.29) is 30.0 Å². The lowest BCUT2D eigenvalue weighted by Crippen LogP contribution is -2.38. The smallest absolute Gasteiger partial charge is 0.191 e. The van der Waals surface area contributed by atoms with Crippen LogP contribution < -0.4 is 10.6 Å². The number of aromatic nitrogens is 2. The summed E-state index contributed by atoms with van der Waals surface area (Å²) >= 11 is 0. The molecule has 2 aromatic rings. The van der Waals surface area contributed by atoms with Gasteiger partial charge in [0.05, 0.1) is 24.5 Å². The van der Waals surface area contributed by atoms with E-state index in [9.17, 15) is 0 Å². The quantitative estimate of drug-likeness (QED) is 0.246. The van der Waals surface area contributed by atoms with Crippen LogP contribution in [0.4, 0.5) is 0 Å². The molecule has 152 valence electrons. The lowest BCUT2D eigenvalue weighted by Gasteiger charge is -2.21. The molecule has 0 radical (unpaired) electrons. The Hall–Kier alpha value is -1.55. The van der Waals surface area contributed by atoms with Gasteiger partial charge in [-0.1, -0.05) is 0 Å². The van der Waals surface area contributed by atoms with Crippen LogP contribution in [0.3, 0.4) is 0 Å².